The minimum atomic E-state index is -1.43. The summed E-state index contributed by atoms with van der Waals surface area (Å²) in [5.41, 5.74) is 2.23. The molecule has 2 aromatic heterocycles. The Balaban J connectivity index is 1.53. The molecule has 9 nitrogen and oxygen atoms in total. The van der Waals surface area contributed by atoms with Gasteiger partial charge in [-0.3, -0.25) is 14.2 Å². The summed E-state index contributed by atoms with van der Waals surface area (Å²) >= 11 is 0. The molecule has 1 amide bonds. The van der Waals surface area contributed by atoms with Gasteiger partial charge in [0, 0.05) is 35.4 Å². The van der Waals surface area contributed by atoms with Crippen molar-refractivity contribution in [2.75, 3.05) is 17.2 Å². The number of fused-ring (bicyclic) bond motifs is 1. The number of nitrogens with zero attached hydrogens (tertiary/aromatic N) is 3. The van der Waals surface area contributed by atoms with Crippen LogP contribution >= 0.6 is 0 Å². The van der Waals surface area contributed by atoms with Crippen LogP contribution in [-0.4, -0.2) is 32.2 Å². The second-order valence-corrected chi connectivity index (χ2v) is 8.07. The summed E-state index contributed by atoms with van der Waals surface area (Å²) in [4.78, 5) is 32.7. The van der Waals surface area contributed by atoms with Crippen LogP contribution in [-0.2, 0) is 4.79 Å². The highest BCUT2D eigenvalue weighted by Crippen LogP contribution is 2.30. The van der Waals surface area contributed by atoms with Crippen LogP contribution in [0.4, 0.5) is 21.6 Å². The number of anilines is 3. The highest BCUT2D eigenvalue weighted by molar-refractivity contribution is 6.05. The summed E-state index contributed by atoms with van der Waals surface area (Å²) in [5.74, 6) is 5.89. The van der Waals surface area contributed by atoms with Gasteiger partial charge in [-0.15, -0.1) is 0 Å². The standard InChI is InChI=1S/C27H24FN5O4/c1-17-13-19(7-9-24(17)37-21-10-11-33(18(2)28)26(36)15-21)32-27-22-14-20(6-8-23(22)29-16-30-27)31-25(35)5-3-4-12-34/h6-11,13-16,18,34H,4,12H2,1-2H3,(H,31,35)(H,29,30,32). The lowest BCUT2D eigenvalue weighted by atomic mass is 10.1. The minimum Gasteiger partial charge on any atom is -0.457 e. The number of benzene rings is 2. The van der Waals surface area contributed by atoms with Gasteiger partial charge < -0.3 is 20.5 Å². The second kappa shape index (κ2) is 11.3. The summed E-state index contributed by atoms with van der Waals surface area (Å²) in [6.07, 6.45) is 1.59. The first kappa shape index (κ1) is 25.3. The summed E-state index contributed by atoms with van der Waals surface area (Å²) in [6, 6.07) is 13.4. The van der Waals surface area contributed by atoms with Crippen LogP contribution in [0.3, 0.4) is 0 Å². The lowest BCUT2D eigenvalue weighted by Gasteiger charge is -2.13. The number of halogens is 1. The van der Waals surface area contributed by atoms with Crippen LogP contribution in [0, 0.1) is 18.8 Å². The third-order valence-electron chi connectivity index (χ3n) is 5.30. The Morgan fingerprint density at radius 3 is 2.70 bits per heavy atom. The van der Waals surface area contributed by atoms with Gasteiger partial charge in [-0.2, -0.15) is 0 Å². The Bertz CT molecular complexity index is 1570. The van der Waals surface area contributed by atoms with Gasteiger partial charge >= 0.3 is 0 Å². The van der Waals surface area contributed by atoms with Crippen LogP contribution in [0.1, 0.15) is 25.2 Å². The highest BCUT2D eigenvalue weighted by atomic mass is 19.1. The number of amides is 1. The van der Waals surface area contributed by atoms with E-state index >= 15 is 0 Å². The van der Waals surface area contributed by atoms with Gasteiger partial charge in [-0.1, -0.05) is 5.92 Å². The molecule has 1 unspecified atom stereocenters. The molecular formula is C27H24FN5O4. The lowest BCUT2D eigenvalue weighted by molar-refractivity contribution is -0.111. The maximum absolute atomic E-state index is 13.4. The number of rotatable bonds is 7. The Morgan fingerprint density at radius 2 is 1.97 bits per heavy atom. The Kier molecular flexibility index (Phi) is 7.76. The monoisotopic (exact) mass is 501 g/mol. The third-order valence-corrected chi connectivity index (χ3v) is 5.30. The first-order valence-corrected chi connectivity index (χ1v) is 11.4. The van der Waals surface area contributed by atoms with Gasteiger partial charge in [-0.05, 0) is 67.8 Å². The molecule has 1 atom stereocenters. The Labute approximate surface area is 212 Å². The maximum Gasteiger partial charge on any atom is 0.300 e. The molecule has 0 aliphatic carbocycles. The SMILES string of the molecule is Cc1cc(Nc2ncnc3ccc(NC(=O)C#CCCO)cc23)ccc1Oc1ccn(C(C)F)c(=O)c1. The maximum atomic E-state index is 13.4. The van der Waals surface area contributed by atoms with Gasteiger partial charge in [0.15, 0.2) is 6.30 Å². The molecule has 0 aliphatic heterocycles. The van der Waals surface area contributed by atoms with Crippen LogP contribution in [0.25, 0.3) is 10.9 Å². The number of hydrogen-bond acceptors (Lipinski definition) is 7. The molecule has 37 heavy (non-hydrogen) atoms. The fraction of sp³-hybridized carbons (Fsp3) is 0.185. The smallest absolute Gasteiger partial charge is 0.300 e. The Morgan fingerprint density at radius 1 is 1.16 bits per heavy atom. The third kappa shape index (κ3) is 6.28. The number of carbonyl (C=O) groups is 1. The van der Waals surface area contributed by atoms with Crippen molar-refractivity contribution in [2.45, 2.75) is 26.6 Å². The van der Waals surface area contributed by atoms with Crippen molar-refractivity contribution in [1.29, 1.82) is 0 Å². The molecule has 0 saturated heterocycles. The molecule has 2 heterocycles. The average Bonchev–Trinajstić information content (AvgIpc) is 2.86. The molecule has 0 bridgehead atoms. The van der Waals surface area contributed by atoms with Crippen LogP contribution < -0.4 is 20.9 Å². The molecule has 0 aliphatic rings. The van der Waals surface area contributed by atoms with Crippen molar-refractivity contribution in [3.8, 4) is 23.3 Å². The van der Waals surface area contributed by atoms with Gasteiger partial charge in [0.25, 0.3) is 11.5 Å². The van der Waals surface area contributed by atoms with E-state index in [1.54, 1.807) is 30.3 Å². The Hall–Kier alpha value is -4.75. The van der Waals surface area contributed by atoms with E-state index in [1.165, 1.54) is 31.6 Å². The topological polar surface area (TPSA) is 118 Å². The molecule has 3 N–H and O–H groups in total. The number of pyridine rings is 1. The summed E-state index contributed by atoms with van der Waals surface area (Å²) in [5, 5.41) is 15.4. The second-order valence-electron chi connectivity index (χ2n) is 8.07. The van der Waals surface area contributed by atoms with E-state index in [4.69, 9.17) is 9.84 Å². The number of ether oxygens (including phenoxy) is 1. The molecule has 4 aromatic rings. The summed E-state index contributed by atoms with van der Waals surface area (Å²) in [6.45, 7) is 3.03. The van der Waals surface area contributed by atoms with E-state index in [-0.39, 0.29) is 13.0 Å². The molecule has 10 heteroatoms. The van der Waals surface area contributed by atoms with Crippen molar-refractivity contribution in [1.82, 2.24) is 14.5 Å². The zero-order chi connectivity index (χ0) is 26.4. The highest BCUT2D eigenvalue weighted by Gasteiger charge is 2.10. The van der Waals surface area contributed by atoms with E-state index in [2.05, 4.69) is 32.4 Å². The van der Waals surface area contributed by atoms with E-state index in [9.17, 15) is 14.0 Å². The van der Waals surface area contributed by atoms with E-state index in [1.807, 2.05) is 13.0 Å². The van der Waals surface area contributed by atoms with E-state index in [0.717, 1.165) is 15.8 Å². The number of hydrogen-bond donors (Lipinski definition) is 3. The first-order chi connectivity index (χ1) is 17.8. The molecule has 0 radical (unpaired) electrons. The number of aliphatic hydroxyl groups excluding tert-OH is 1. The van der Waals surface area contributed by atoms with Crippen molar-refractivity contribution < 1.29 is 19.0 Å². The fourth-order valence-corrected chi connectivity index (χ4v) is 3.53. The lowest BCUT2D eigenvalue weighted by Crippen LogP contribution is -2.19. The zero-order valence-corrected chi connectivity index (χ0v) is 20.2. The number of alkyl halides is 1. The quantitative estimate of drug-likeness (QED) is 0.320. The van der Waals surface area contributed by atoms with Gasteiger partial charge in [0.05, 0.1) is 12.1 Å². The molecule has 0 fully saturated rings. The van der Waals surface area contributed by atoms with Gasteiger partial charge in [-0.25, -0.2) is 14.4 Å². The minimum absolute atomic E-state index is 0.109. The van der Waals surface area contributed by atoms with Crippen molar-refractivity contribution in [2.24, 2.45) is 0 Å². The van der Waals surface area contributed by atoms with E-state index in [0.29, 0.717) is 33.9 Å². The van der Waals surface area contributed by atoms with Crippen LogP contribution in [0.15, 0.2) is 65.8 Å². The number of aryl methyl sites for hydroxylation is 1. The van der Waals surface area contributed by atoms with Gasteiger partial charge in [0.1, 0.15) is 23.6 Å². The van der Waals surface area contributed by atoms with Gasteiger partial charge in [0.2, 0.25) is 0 Å². The van der Waals surface area contributed by atoms with Crippen LogP contribution in [0.2, 0.25) is 0 Å². The molecule has 4 rings (SSSR count). The molecule has 0 spiro atoms. The van der Waals surface area contributed by atoms with Crippen molar-refractivity contribution in [3.05, 3.63) is 77.0 Å². The van der Waals surface area contributed by atoms with Crippen molar-refractivity contribution in [3.63, 3.8) is 0 Å². The first-order valence-electron chi connectivity index (χ1n) is 11.4. The number of nitrogens with one attached hydrogen (secondary N) is 2. The van der Waals surface area contributed by atoms with Crippen molar-refractivity contribution >= 4 is 34.0 Å². The van der Waals surface area contributed by atoms with E-state index < -0.39 is 17.8 Å². The predicted octanol–water partition coefficient (Wildman–Crippen LogP) is 4.45. The van der Waals surface area contributed by atoms with Crippen LogP contribution in [0.5, 0.6) is 11.5 Å². The summed E-state index contributed by atoms with van der Waals surface area (Å²) < 4.78 is 20.3. The molecular weight excluding hydrogens is 477 g/mol. The average molecular weight is 502 g/mol. The molecule has 188 valence electrons. The predicted molar refractivity (Wildman–Crippen MR) is 139 cm³/mol. The normalized spacial score (nSPS) is 11.4. The molecule has 2 aromatic carbocycles. The largest absolute Gasteiger partial charge is 0.457 e. The number of aliphatic hydroxyl groups is 1. The zero-order valence-electron chi connectivity index (χ0n) is 20.2. The molecule has 0 saturated carbocycles. The number of carbonyl (C=O) groups excluding carboxylic acids is 1. The summed E-state index contributed by atoms with van der Waals surface area (Å²) in [7, 11) is 0. The number of aromatic nitrogens is 3. The fourth-order valence-electron chi connectivity index (χ4n) is 3.53.